The molecular formula is C22H26BrNO4. The van der Waals surface area contributed by atoms with Crippen LogP contribution in [-0.4, -0.2) is 25.2 Å². The van der Waals surface area contributed by atoms with Gasteiger partial charge in [0.2, 0.25) is 0 Å². The summed E-state index contributed by atoms with van der Waals surface area (Å²) >= 11 is 3.54. The molecule has 6 heteroatoms. The van der Waals surface area contributed by atoms with Crippen LogP contribution >= 0.6 is 15.9 Å². The van der Waals surface area contributed by atoms with Crippen molar-refractivity contribution in [1.29, 1.82) is 0 Å². The Morgan fingerprint density at radius 2 is 1.89 bits per heavy atom. The molecule has 1 aliphatic heterocycles. The number of nitrogens with one attached hydrogen (secondary N) is 1. The summed E-state index contributed by atoms with van der Waals surface area (Å²) in [7, 11) is 1.62. The van der Waals surface area contributed by atoms with Crippen molar-refractivity contribution >= 4 is 21.8 Å². The molecule has 0 spiro atoms. The van der Waals surface area contributed by atoms with Gasteiger partial charge in [0.05, 0.1) is 13.2 Å². The van der Waals surface area contributed by atoms with Crippen molar-refractivity contribution in [3.8, 4) is 17.2 Å². The van der Waals surface area contributed by atoms with Crippen LogP contribution in [0.15, 0.2) is 34.8 Å². The van der Waals surface area contributed by atoms with Crippen LogP contribution in [0.3, 0.4) is 0 Å². The van der Waals surface area contributed by atoms with E-state index in [0.717, 1.165) is 32.7 Å². The zero-order chi connectivity index (χ0) is 20.5. The standard InChI is InChI=1S/C22H26BrNO4/c1-13-8-16(9-14(2)21(13)23)27-12-20(25)24-18-11-22(3,4)28-19-10-15(26-5)6-7-17(18)19/h6-10,18H,11-12H2,1-5H3,(H,24,25)/t18-/m1/s1. The molecule has 0 unspecified atom stereocenters. The third-order valence-electron chi connectivity index (χ3n) is 4.79. The van der Waals surface area contributed by atoms with E-state index >= 15 is 0 Å². The van der Waals surface area contributed by atoms with Gasteiger partial charge in [0.25, 0.3) is 5.91 Å². The van der Waals surface area contributed by atoms with E-state index in [1.165, 1.54) is 0 Å². The van der Waals surface area contributed by atoms with Gasteiger partial charge in [-0.15, -0.1) is 0 Å². The summed E-state index contributed by atoms with van der Waals surface area (Å²) < 4.78 is 18.1. The van der Waals surface area contributed by atoms with E-state index in [-0.39, 0.29) is 18.6 Å². The summed E-state index contributed by atoms with van der Waals surface area (Å²) in [5.41, 5.74) is 2.70. The molecule has 150 valence electrons. The van der Waals surface area contributed by atoms with Crippen LogP contribution in [-0.2, 0) is 4.79 Å². The summed E-state index contributed by atoms with van der Waals surface area (Å²) in [5, 5.41) is 3.09. The first-order valence-electron chi connectivity index (χ1n) is 9.24. The topological polar surface area (TPSA) is 56.8 Å². The highest BCUT2D eigenvalue weighted by molar-refractivity contribution is 9.10. The van der Waals surface area contributed by atoms with Gasteiger partial charge in [-0.05, 0) is 63.1 Å². The molecule has 0 saturated heterocycles. The van der Waals surface area contributed by atoms with E-state index in [9.17, 15) is 4.79 Å². The molecule has 1 N–H and O–H groups in total. The molecule has 3 rings (SSSR count). The predicted molar refractivity (Wildman–Crippen MR) is 112 cm³/mol. The maximum Gasteiger partial charge on any atom is 0.258 e. The molecule has 28 heavy (non-hydrogen) atoms. The van der Waals surface area contributed by atoms with Gasteiger partial charge < -0.3 is 19.5 Å². The number of amides is 1. The molecule has 0 fully saturated rings. The smallest absolute Gasteiger partial charge is 0.258 e. The Morgan fingerprint density at radius 3 is 2.54 bits per heavy atom. The fourth-order valence-electron chi connectivity index (χ4n) is 3.46. The van der Waals surface area contributed by atoms with Gasteiger partial charge in [-0.2, -0.15) is 0 Å². The van der Waals surface area contributed by atoms with Crippen LogP contribution in [0.2, 0.25) is 0 Å². The Morgan fingerprint density at radius 1 is 1.21 bits per heavy atom. The normalized spacial score (nSPS) is 17.3. The summed E-state index contributed by atoms with van der Waals surface area (Å²) in [6.07, 6.45) is 0.675. The molecule has 0 bridgehead atoms. The number of aryl methyl sites for hydroxylation is 2. The summed E-state index contributed by atoms with van der Waals surface area (Å²) in [4.78, 5) is 12.6. The van der Waals surface area contributed by atoms with E-state index < -0.39 is 5.60 Å². The lowest BCUT2D eigenvalue weighted by molar-refractivity contribution is -0.124. The van der Waals surface area contributed by atoms with E-state index in [1.54, 1.807) is 7.11 Å². The van der Waals surface area contributed by atoms with Crippen LogP contribution < -0.4 is 19.5 Å². The lowest BCUT2D eigenvalue weighted by Crippen LogP contribution is -2.42. The number of benzene rings is 2. The molecule has 0 aromatic heterocycles. The first-order valence-corrected chi connectivity index (χ1v) is 10.0. The lowest BCUT2D eigenvalue weighted by Gasteiger charge is -2.38. The minimum absolute atomic E-state index is 0.0379. The van der Waals surface area contributed by atoms with Gasteiger partial charge in [0, 0.05) is 22.5 Å². The van der Waals surface area contributed by atoms with Gasteiger partial charge in [-0.3, -0.25) is 4.79 Å². The van der Waals surface area contributed by atoms with E-state index in [1.807, 2.05) is 58.0 Å². The minimum atomic E-state index is -0.391. The van der Waals surface area contributed by atoms with Crippen LogP contribution in [0, 0.1) is 13.8 Å². The Bertz CT molecular complexity index is 871. The van der Waals surface area contributed by atoms with E-state index in [4.69, 9.17) is 14.2 Å². The number of hydrogen-bond acceptors (Lipinski definition) is 4. The second kappa shape index (κ2) is 8.03. The van der Waals surface area contributed by atoms with Gasteiger partial charge >= 0.3 is 0 Å². The monoisotopic (exact) mass is 447 g/mol. The van der Waals surface area contributed by atoms with Gasteiger partial charge in [-0.1, -0.05) is 15.9 Å². The molecule has 2 aromatic carbocycles. The maximum atomic E-state index is 12.6. The summed E-state index contributed by atoms with van der Waals surface area (Å²) in [6.45, 7) is 7.99. The first kappa shape index (κ1) is 20.5. The fraction of sp³-hybridized carbons (Fsp3) is 0.409. The average Bonchev–Trinajstić information content (AvgIpc) is 2.62. The summed E-state index contributed by atoms with van der Waals surface area (Å²) in [6, 6.07) is 9.38. The highest BCUT2D eigenvalue weighted by atomic mass is 79.9. The first-order chi connectivity index (χ1) is 13.2. The van der Waals surface area contributed by atoms with Crippen molar-refractivity contribution in [1.82, 2.24) is 5.32 Å². The average molecular weight is 448 g/mol. The van der Waals surface area contributed by atoms with Gasteiger partial charge in [0.1, 0.15) is 22.8 Å². The Labute approximate surface area is 174 Å². The number of methoxy groups -OCH3 is 1. The zero-order valence-electron chi connectivity index (χ0n) is 16.9. The third kappa shape index (κ3) is 4.61. The molecule has 1 atom stereocenters. The molecule has 0 aliphatic carbocycles. The highest BCUT2D eigenvalue weighted by Gasteiger charge is 2.34. The van der Waals surface area contributed by atoms with Crippen molar-refractivity contribution in [3.63, 3.8) is 0 Å². The Balaban J connectivity index is 1.70. The molecule has 0 radical (unpaired) electrons. The van der Waals surface area contributed by atoms with Crippen molar-refractivity contribution in [2.24, 2.45) is 0 Å². The highest BCUT2D eigenvalue weighted by Crippen LogP contribution is 2.41. The second-order valence-electron chi connectivity index (χ2n) is 7.75. The van der Waals surface area contributed by atoms with Crippen molar-refractivity contribution in [2.45, 2.75) is 45.8 Å². The molecule has 2 aromatic rings. The minimum Gasteiger partial charge on any atom is -0.497 e. The Hall–Kier alpha value is -2.21. The Kier molecular flexibility index (Phi) is 5.89. The van der Waals surface area contributed by atoms with Crippen LogP contribution in [0.4, 0.5) is 0 Å². The third-order valence-corrected chi connectivity index (χ3v) is 6.04. The second-order valence-corrected chi connectivity index (χ2v) is 8.54. The quantitative estimate of drug-likeness (QED) is 0.709. The number of ether oxygens (including phenoxy) is 3. The van der Waals surface area contributed by atoms with Crippen LogP contribution in [0.1, 0.15) is 43.0 Å². The molecule has 1 heterocycles. The number of hydrogen-bond donors (Lipinski definition) is 1. The van der Waals surface area contributed by atoms with Crippen LogP contribution in [0.25, 0.3) is 0 Å². The van der Waals surface area contributed by atoms with E-state index in [0.29, 0.717) is 12.2 Å². The molecule has 0 saturated carbocycles. The SMILES string of the molecule is COc1ccc2c(c1)OC(C)(C)C[C@H]2NC(=O)COc1cc(C)c(Br)c(C)c1. The lowest BCUT2D eigenvalue weighted by atomic mass is 9.89. The fourth-order valence-corrected chi connectivity index (χ4v) is 3.69. The number of carbonyl (C=O) groups excluding carboxylic acids is 1. The number of fused-ring (bicyclic) bond motifs is 1. The predicted octanol–water partition coefficient (Wildman–Crippen LogP) is 4.87. The van der Waals surface area contributed by atoms with E-state index in [2.05, 4.69) is 21.2 Å². The van der Waals surface area contributed by atoms with Gasteiger partial charge in [0.15, 0.2) is 6.61 Å². The molecule has 1 aliphatic rings. The maximum absolute atomic E-state index is 12.6. The van der Waals surface area contributed by atoms with Crippen molar-refractivity contribution in [3.05, 3.63) is 51.5 Å². The van der Waals surface area contributed by atoms with Crippen LogP contribution in [0.5, 0.6) is 17.2 Å². The number of halogens is 1. The molecular weight excluding hydrogens is 422 g/mol. The summed E-state index contributed by atoms with van der Waals surface area (Å²) in [5.74, 6) is 1.99. The van der Waals surface area contributed by atoms with Crippen molar-refractivity contribution in [2.75, 3.05) is 13.7 Å². The van der Waals surface area contributed by atoms with Crippen molar-refractivity contribution < 1.29 is 19.0 Å². The zero-order valence-corrected chi connectivity index (χ0v) is 18.5. The van der Waals surface area contributed by atoms with Gasteiger partial charge in [-0.25, -0.2) is 0 Å². The number of rotatable bonds is 5. The molecule has 5 nitrogen and oxygen atoms in total. The number of carbonyl (C=O) groups is 1. The largest absolute Gasteiger partial charge is 0.497 e. The molecule has 1 amide bonds.